The van der Waals surface area contributed by atoms with E-state index in [0.29, 0.717) is 24.4 Å². The van der Waals surface area contributed by atoms with E-state index in [2.05, 4.69) is 14.1 Å². The van der Waals surface area contributed by atoms with Crippen molar-refractivity contribution in [3.8, 4) is 0 Å². The van der Waals surface area contributed by atoms with Crippen LogP contribution in [0, 0.1) is 0 Å². The van der Waals surface area contributed by atoms with Gasteiger partial charge < -0.3 is 44.9 Å². The lowest BCUT2D eigenvalue weighted by Gasteiger charge is -2.29. The fraction of sp³-hybridized carbons (Fsp3) is 0.550. The summed E-state index contributed by atoms with van der Waals surface area (Å²) in [5.74, 6) is 0.0969. The zero-order valence-corrected chi connectivity index (χ0v) is 17.9. The molecule has 0 spiro atoms. The third-order valence-corrected chi connectivity index (χ3v) is 4.92. The van der Waals surface area contributed by atoms with Gasteiger partial charge in [-0.1, -0.05) is 0 Å². The van der Waals surface area contributed by atoms with Crippen molar-refractivity contribution in [2.45, 2.75) is 31.0 Å². The molecule has 2 aromatic rings. The number of aliphatic hydroxyl groups is 1. The van der Waals surface area contributed by atoms with Crippen LogP contribution < -0.4 is 17.0 Å². The molecule has 3 rings (SSSR count). The Bertz CT molecular complexity index is 679. The van der Waals surface area contributed by atoms with E-state index in [1.807, 2.05) is 0 Å². The van der Waals surface area contributed by atoms with Crippen LogP contribution in [0.3, 0.4) is 0 Å². The molecule has 1 saturated heterocycles. The standard InChI is InChI=1S/C20H28NO6.BrH/c1-21(2)10-9-16(15-21)27-19(23)20(17-7-5-12-24-17,18-8-6-13-25-18)26-14-4-3-11-22;/h5-8,12-13,16,22H,3-4,9-11,14-15H2,1-2H3;1H/q+1;/p-1. The van der Waals surface area contributed by atoms with Crippen molar-refractivity contribution >= 4 is 5.97 Å². The first-order valence-electron chi connectivity index (χ1n) is 9.34. The van der Waals surface area contributed by atoms with Crippen LogP contribution in [0.4, 0.5) is 0 Å². The SMILES string of the molecule is C[N+]1(C)CCC(OC(=O)C(OCCCCO)(c2ccco2)c2ccco2)C1.[Br-]. The van der Waals surface area contributed by atoms with Crippen LogP contribution in [-0.2, 0) is 19.9 Å². The Labute approximate surface area is 175 Å². The number of nitrogens with zero attached hydrogens (tertiary/aromatic N) is 1. The van der Waals surface area contributed by atoms with Crippen molar-refractivity contribution < 1.29 is 49.7 Å². The average molecular weight is 458 g/mol. The number of furan rings is 2. The minimum Gasteiger partial charge on any atom is -1.00 e. The van der Waals surface area contributed by atoms with Gasteiger partial charge in [0.1, 0.15) is 6.54 Å². The molecule has 8 heteroatoms. The Morgan fingerprint density at radius 1 is 1.21 bits per heavy atom. The molecule has 28 heavy (non-hydrogen) atoms. The molecule has 0 aromatic carbocycles. The number of aliphatic hydroxyl groups excluding tert-OH is 1. The molecule has 3 heterocycles. The number of likely N-dealkylation sites (tertiary alicyclic amines) is 1. The zero-order valence-electron chi connectivity index (χ0n) is 16.3. The summed E-state index contributed by atoms with van der Waals surface area (Å²) >= 11 is 0. The molecule has 0 radical (unpaired) electrons. The topological polar surface area (TPSA) is 82.0 Å². The van der Waals surface area contributed by atoms with Gasteiger partial charge in [0, 0.05) is 19.6 Å². The number of hydrogen-bond acceptors (Lipinski definition) is 6. The van der Waals surface area contributed by atoms with Crippen molar-refractivity contribution in [3.05, 3.63) is 48.3 Å². The monoisotopic (exact) mass is 457 g/mol. The quantitative estimate of drug-likeness (QED) is 0.304. The van der Waals surface area contributed by atoms with Crippen LogP contribution in [-0.4, -0.2) is 62.1 Å². The van der Waals surface area contributed by atoms with E-state index in [0.717, 1.165) is 24.0 Å². The maximum Gasteiger partial charge on any atom is 0.355 e. The number of ether oxygens (including phenoxy) is 2. The van der Waals surface area contributed by atoms with Gasteiger partial charge in [-0.2, -0.15) is 0 Å². The fourth-order valence-electron chi connectivity index (χ4n) is 3.48. The van der Waals surface area contributed by atoms with Crippen LogP contribution in [0.1, 0.15) is 30.8 Å². The maximum atomic E-state index is 13.4. The number of carbonyl (C=O) groups excluding carboxylic acids is 1. The van der Waals surface area contributed by atoms with Crippen LogP contribution in [0.2, 0.25) is 0 Å². The number of hydrogen-bond donors (Lipinski definition) is 1. The van der Waals surface area contributed by atoms with Gasteiger partial charge in [-0.25, -0.2) is 4.79 Å². The average Bonchev–Trinajstić information content (AvgIpc) is 3.37. The second-order valence-electron chi connectivity index (χ2n) is 7.57. The molecule has 0 bridgehead atoms. The number of likely N-dealkylation sites (N-methyl/N-ethyl adjacent to an activating group) is 1. The highest BCUT2D eigenvalue weighted by Crippen LogP contribution is 2.37. The Morgan fingerprint density at radius 2 is 1.86 bits per heavy atom. The van der Waals surface area contributed by atoms with Crippen LogP contribution >= 0.6 is 0 Å². The van der Waals surface area contributed by atoms with Crippen LogP contribution in [0.15, 0.2) is 45.6 Å². The largest absolute Gasteiger partial charge is 1.00 e. The first-order chi connectivity index (χ1) is 13.0. The predicted molar refractivity (Wildman–Crippen MR) is 96.8 cm³/mol. The minimum atomic E-state index is -1.60. The molecule has 1 atom stereocenters. The lowest BCUT2D eigenvalue weighted by molar-refractivity contribution is -0.879. The highest BCUT2D eigenvalue weighted by molar-refractivity contribution is 5.84. The molecule has 1 N–H and O–H groups in total. The van der Waals surface area contributed by atoms with Crippen molar-refractivity contribution in [2.24, 2.45) is 0 Å². The minimum absolute atomic E-state index is 0. The predicted octanol–water partition coefficient (Wildman–Crippen LogP) is -0.699. The van der Waals surface area contributed by atoms with Crippen molar-refractivity contribution in [1.29, 1.82) is 0 Å². The van der Waals surface area contributed by atoms with Gasteiger partial charge in [0.15, 0.2) is 17.6 Å². The Kier molecular flexibility index (Phi) is 7.88. The number of quaternary nitrogens is 1. The summed E-state index contributed by atoms with van der Waals surface area (Å²) in [5, 5.41) is 9.03. The van der Waals surface area contributed by atoms with E-state index in [-0.39, 0.29) is 36.3 Å². The molecule has 0 aliphatic carbocycles. The highest BCUT2D eigenvalue weighted by Gasteiger charge is 2.52. The Balaban J connectivity index is 0.00000280. The van der Waals surface area contributed by atoms with Gasteiger partial charge in [-0.15, -0.1) is 0 Å². The maximum absolute atomic E-state index is 13.4. The number of rotatable bonds is 9. The molecule has 0 saturated carbocycles. The van der Waals surface area contributed by atoms with Crippen LogP contribution in [0.25, 0.3) is 0 Å². The van der Waals surface area contributed by atoms with Crippen molar-refractivity contribution in [1.82, 2.24) is 0 Å². The summed E-state index contributed by atoms with van der Waals surface area (Å²) in [6, 6.07) is 6.77. The van der Waals surface area contributed by atoms with Crippen molar-refractivity contribution in [2.75, 3.05) is 40.4 Å². The number of carbonyl (C=O) groups is 1. The molecular formula is C20H28BrNO6. The molecule has 1 aliphatic heterocycles. The summed E-state index contributed by atoms with van der Waals surface area (Å²) in [4.78, 5) is 13.4. The highest BCUT2D eigenvalue weighted by atomic mass is 79.9. The van der Waals surface area contributed by atoms with E-state index in [1.54, 1.807) is 24.3 Å². The molecule has 2 aromatic heterocycles. The molecule has 0 amide bonds. The first kappa shape index (κ1) is 22.7. The molecule has 1 fully saturated rings. The van der Waals surface area contributed by atoms with E-state index >= 15 is 0 Å². The van der Waals surface area contributed by atoms with E-state index in [1.165, 1.54) is 12.5 Å². The number of halogens is 1. The normalized spacial score (nSPS) is 18.6. The third kappa shape index (κ3) is 4.86. The van der Waals surface area contributed by atoms with E-state index in [9.17, 15) is 4.79 Å². The zero-order chi connectivity index (χ0) is 19.3. The second-order valence-corrected chi connectivity index (χ2v) is 7.57. The Hall–Kier alpha value is -1.61. The van der Waals surface area contributed by atoms with Crippen molar-refractivity contribution in [3.63, 3.8) is 0 Å². The van der Waals surface area contributed by atoms with Gasteiger partial charge >= 0.3 is 5.97 Å². The molecule has 1 aliphatic rings. The molecule has 1 unspecified atom stereocenters. The van der Waals surface area contributed by atoms with E-state index < -0.39 is 11.6 Å². The molecule has 7 nitrogen and oxygen atoms in total. The smallest absolute Gasteiger partial charge is 0.355 e. The Morgan fingerprint density at radius 3 is 2.32 bits per heavy atom. The summed E-state index contributed by atoms with van der Waals surface area (Å²) in [7, 11) is 4.23. The summed E-state index contributed by atoms with van der Waals surface area (Å²) < 4.78 is 23.9. The lowest BCUT2D eigenvalue weighted by atomic mass is 9.96. The lowest BCUT2D eigenvalue weighted by Crippen LogP contribution is -3.00. The number of esters is 1. The number of unbranched alkanes of at least 4 members (excludes halogenated alkanes) is 1. The van der Waals surface area contributed by atoms with Gasteiger partial charge in [0.25, 0.3) is 5.60 Å². The van der Waals surface area contributed by atoms with Gasteiger partial charge in [0.2, 0.25) is 0 Å². The first-order valence-corrected chi connectivity index (χ1v) is 9.34. The van der Waals surface area contributed by atoms with Gasteiger partial charge in [-0.05, 0) is 37.1 Å². The second kappa shape index (κ2) is 9.73. The van der Waals surface area contributed by atoms with Crippen LogP contribution in [0.5, 0.6) is 0 Å². The summed E-state index contributed by atoms with van der Waals surface area (Å²) in [6.07, 6.45) is 4.78. The summed E-state index contributed by atoms with van der Waals surface area (Å²) in [5.41, 5.74) is -1.60. The molecule has 156 valence electrons. The fourth-order valence-corrected chi connectivity index (χ4v) is 3.48. The van der Waals surface area contributed by atoms with Gasteiger partial charge in [0.05, 0.1) is 33.2 Å². The van der Waals surface area contributed by atoms with E-state index in [4.69, 9.17) is 23.4 Å². The summed E-state index contributed by atoms with van der Waals surface area (Å²) in [6.45, 7) is 2.02. The third-order valence-electron chi connectivity index (χ3n) is 4.92. The van der Waals surface area contributed by atoms with Gasteiger partial charge in [-0.3, -0.25) is 0 Å². The molecular weight excluding hydrogens is 430 g/mol.